The number of carbonyl (C=O) groups excluding carboxylic acids is 2. The average molecular weight is 648 g/mol. The lowest BCUT2D eigenvalue weighted by molar-refractivity contribution is -0.132. The molecular weight excluding hydrogens is 618 g/mol. The fraction of sp³-hybridized carbons (Fsp3) is 0.258. The van der Waals surface area contributed by atoms with Crippen LogP contribution in [0.2, 0.25) is 20.1 Å². The number of rotatable bonds is 11. The molecule has 11 heteroatoms. The van der Waals surface area contributed by atoms with Crippen LogP contribution in [-0.2, 0) is 16.1 Å². The van der Waals surface area contributed by atoms with Crippen LogP contribution in [0.5, 0.6) is 5.75 Å². The Morgan fingerprint density at radius 1 is 0.929 bits per heavy atom. The van der Waals surface area contributed by atoms with E-state index < -0.39 is 24.0 Å². The Kier molecular flexibility index (Phi) is 10.8. The van der Waals surface area contributed by atoms with Crippen molar-refractivity contribution in [3.63, 3.8) is 0 Å². The van der Waals surface area contributed by atoms with E-state index in [2.05, 4.69) is 20.4 Å². The van der Waals surface area contributed by atoms with E-state index in [1.165, 1.54) is 6.07 Å². The predicted octanol–water partition coefficient (Wildman–Crippen LogP) is 7.75. The first kappa shape index (κ1) is 31.7. The van der Waals surface area contributed by atoms with Gasteiger partial charge in [0.05, 0.1) is 11.2 Å². The van der Waals surface area contributed by atoms with Crippen molar-refractivity contribution in [2.75, 3.05) is 0 Å². The Morgan fingerprint density at radius 2 is 1.62 bits per heavy atom. The van der Waals surface area contributed by atoms with Gasteiger partial charge < -0.3 is 14.6 Å². The summed E-state index contributed by atoms with van der Waals surface area (Å²) >= 11 is 24.6. The fourth-order valence-corrected chi connectivity index (χ4v) is 5.31. The summed E-state index contributed by atoms with van der Waals surface area (Å²) in [5.41, 5.74) is 5.29. The van der Waals surface area contributed by atoms with Crippen molar-refractivity contribution in [1.82, 2.24) is 15.3 Å². The highest BCUT2D eigenvalue weighted by Gasteiger charge is 2.25. The van der Waals surface area contributed by atoms with Crippen molar-refractivity contribution in [2.45, 2.75) is 45.9 Å². The molecule has 1 heterocycles. The van der Waals surface area contributed by atoms with Gasteiger partial charge in [0.15, 0.2) is 6.10 Å². The molecule has 2 atom stereocenters. The zero-order chi connectivity index (χ0) is 30.4. The second kappa shape index (κ2) is 14.3. The summed E-state index contributed by atoms with van der Waals surface area (Å²) in [5.74, 6) is -0.461. The minimum Gasteiger partial charge on any atom is -0.479 e. The van der Waals surface area contributed by atoms with Crippen LogP contribution in [0.15, 0.2) is 72.0 Å². The van der Waals surface area contributed by atoms with E-state index in [1.54, 1.807) is 37.4 Å². The minimum absolute atomic E-state index is 0.129. The lowest BCUT2D eigenvalue weighted by Gasteiger charge is -2.22. The fourth-order valence-electron chi connectivity index (χ4n) is 4.39. The molecule has 0 unspecified atom stereocenters. The van der Waals surface area contributed by atoms with E-state index >= 15 is 0 Å². The van der Waals surface area contributed by atoms with Crippen molar-refractivity contribution >= 4 is 75.3 Å². The van der Waals surface area contributed by atoms with Gasteiger partial charge in [-0.1, -0.05) is 84.5 Å². The monoisotopic (exact) mass is 646 g/mol. The molecule has 0 spiro atoms. The lowest BCUT2D eigenvalue weighted by atomic mass is 10.0. The number of para-hydroxylation sites is 1. The minimum atomic E-state index is -0.907. The summed E-state index contributed by atoms with van der Waals surface area (Å²) in [5, 5.41) is 9.84. The molecule has 0 bridgehead atoms. The Labute approximate surface area is 264 Å². The van der Waals surface area contributed by atoms with Crippen molar-refractivity contribution in [3.05, 3.63) is 98.1 Å². The molecule has 1 aromatic heterocycles. The summed E-state index contributed by atoms with van der Waals surface area (Å²) < 4.78 is 7.76. The number of amides is 2. The van der Waals surface area contributed by atoms with Crippen LogP contribution >= 0.6 is 46.4 Å². The maximum atomic E-state index is 13.1. The average Bonchev–Trinajstić information content (AvgIpc) is 3.28. The van der Waals surface area contributed by atoms with Gasteiger partial charge in [-0.25, -0.2) is 5.43 Å². The van der Waals surface area contributed by atoms with E-state index in [1.807, 2.05) is 50.4 Å². The van der Waals surface area contributed by atoms with Crippen molar-refractivity contribution < 1.29 is 14.3 Å². The number of ether oxygens (including phenoxy) is 1. The third-order valence-corrected chi connectivity index (χ3v) is 7.58. The molecule has 0 saturated carbocycles. The first-order chi connectivity index (χ1) is 20.0. The quantitative estimate of drug-likeness (QED) is 0.129. The van der Waals surface area contributed by atoms with Crippen molar-refractivity contribution in [2.24, 2.45) is 11.0 Å². The number of hydrogen-bond donors (Lipinski definition) is 2. The highest BCUT2D eigenvalue weighted by atomic mass is 35.5. The lowest BCUT2D eigenvalue weighted by Crippen LogP contribution is -2.49. The van der Waals surface area contributed by atoms with Crippen LogP contribution in [0, 0.1) is 5.92 Å². The second-order valence-corrected chi connectivity index (χ2v) is 11.9. The maximum Gasteiger partial charge on any atom is 0.262 e. The van der Waals surface area contributed by atoms with Gasteiger partial charge in [-0.15, -0.1) is 0 Å². The van der Waals surface area contributed by atoms with Crippen LogP contribution in [-0.4, -0.2) is 34.7 Å². The number of fused-ring (bicyclic) bond motifs is 1. The summed E-state index contributed by atoms with van der Waals surface area (Å²) in [6.07, 6.45) is 3.03. The van der Waals surface area contributed by atoms with Crippen LogP contribution < -0.4 is 15.5 Å². The first-order valence-electron chi connectivity index (χ1n) is 13.3. The number of halogens is 4. The molecule has 0 saturated heterocycles. The smallest absolute Gasteiger partial charge is 0.262 e. The van der Waals surface area contributed by atoms with Gasteiger partial charge in [0, 0.05) is 44.3 Å². The molecule has 2 N–H and O–H groups in total. The Morgan fingerprint density at radius 3 is 2.31 bits per heavy atom. The Bertz CT molecular complexity index is 1620. The van der Waals surface area contributed by atoms with E-state index in [-0.39, 0.29) is 10.9 Å². The molecule has 0 aliphatic heterocycles. The molecule has 3 aromatic carbocycles. The van der Waals surface area contributed by atoms with Crippen LogP contribution in [0.4, 0.5) is 0 Å². The van der Waals surface area contributed by atoms with E-state index in [0.29, 0.717) is 33.8 Å². The molecule has 220 valence electrons. The van der Waals surface area contributed by atoms with Gasteiger partial charge >= 0.3 is 0 Å². The standard InChI is InChI=1S/C31H30Cl4N4O3/c1-18(2)12-27(37-30(40)19(3)42-29-11-10-23(33)14-26(29)35)31(41)38-36-15-21-17-39(28-7-5-4-6-24(21)28)16-20-8-9-22(32)13-25(20)34/h4-11,13-15,17-19,27H,12,16H2,1-3H3,(H,37,40)(H,38,41)/b36-15-/t19-,27+/m0/s1. The number of carbonyl (C=O) groups is 2. The summed E-state index contributed by atoms with van der Waals surface area (Å²) in [6.45, 7) is 6.03. The number of hydrogen-bond acceptors (Lipinski definition) is 4. The first-order valence-corrected chi connectivity index (χ1v) is 14.8. The van der Waals surface area contributed by atoms with Gasteiger partial charge in [-0.3, -0.25) is 9.59 Å². The van der Waals surface area contributed by atoms with E-state index in [0.717, 1.165) is 22.0 Å². The van der Waals surface area contributed by atoms with Crippen molar-refractivity contribution in [3.8, 4) is 5.75 Å². The molecule has 0 fully saturated rings. The van der Waals surface area contributed by atoms with Crippen LogP contribution in [0.3, 0.4) is 0 Å². The highest BCUT2D eigenvalue weighted by molar-refractivity contribution is 6.35. The molecule has 4 rings (SSSR count). The second-order valence-electron chi connectivity index (χ2n) is 10.2. The normalized spacial score (nSPS) is 13.0. The SMILES string of the molecule is CC(C)C[C@@H](NC(=O)[C@H](C)Oc1ccc(Cl)cc1Cl)C(=O)N/N=C\c1cn(Cc2ccc(Cl)cc2Cl)c2ccccc12. The van der Waals surface area contributed by atoms with Gasteiger partial charge in [0.1, 0.15) is 11.8 Å². The third kappa shape index (κ3) is 8.19. The van der Waals surface area contributed by atoms with Crippen molar-refractivity contribution in [1.29, 1.82) is 0 Å². The zero-order valence-electron chi connectivity index (χ0n) is 23.2. The van der Waals surface area contributed by atoms with Gasteiger partial charge in [0.2, 0.25) is 0 Å². The largest absolute Gasteiger partial charge is 0.479 e. The molecular formula is C31H30Cl4N4O3. The molecule has 4 aromatic rings. The Hall–Kier alpha value is -3.23. The van der Waals surface area contributed by atoms with Gasteiger partial charge in [-0.2, -0.15) is 5.10 Å². The van der Waals surface area contributed by atoms with Gasteiger partial charge in [0.25, 0.3) is 11.8 Å². The van der Waals surface area contributed by atoms with Gasteiger partial charge in [-0.05, 0) is 61.2 Å². The molecule has 7 nitrogen and oxygen atoms in total. The topological polar surface area (TPSA) is 84.7 Å². The molecule has 0 aliphatic carbocycles. The molecule has 0 radical (unpaired) electrons. The van der Waals surface area contributed by atoms with Crippen LogP contribution in [0.1, 0.15) is 38.3 Å². The predicted molar refractivity (Wildman–Crippen MR) is 171 cm³/mol. The van der Waals surface area contributed by atoms with Crippen LogP contribution in [0.25, 0.3) is 10.9 Å². The molecule has 42 heavy (non-hydrogen) atoms. The highest BCUT2D eigenvalue weighted by Crippen LogP contribution is 2.29. The number of nitrogens with one attached hydrogen (secondary N) is 2. The Balaban J connectivity index is 1.45. The molecule has 0 aliphatic rings. The molecule has 2 amide bonds. The summed E-state index contributed by atoms with van der Waals surface area (Å²) in [6, 6.07) is 17.2. The number of nitrogens with zero attached hydrogens (tertiary/aromatic N) is 2. The summed E-state index contributed by atoms with van der Waals surface area (Å²) in [7, 11) is 0. The number of aromatic nitrogens is 1. The zero-order valence-corrected chi connectivity index (χ0v) is 26.2. The van der Waals surface area contributed by atoms with E-state index in [4.69, 9.17) is 51.1 Å². The number of hydrazone groups is 1. The maximum absolute atomic E-state index is 13.1. The van der Waals surface area contributed by atoms with E-state index in [9.17, 15) is 9.59 Å². The third-order valence-electron chi connectivity index (χ3n) is 6.46. The number of benzene rings is 3. The summed E-state index contributed by atoms with van der Waals surface area (Å²) in [4.78, 5) is 26.0.